The first-order chi connectivity index (χ1) is 13.4. The molecule has 5 atom stereocenters. The average Bonchev–Trinajstić information content (AvgIpc) is 2.69. The second-order valence-corrected chi connectivity index (χ2v) is 6.42. The topological polar surface area (TPSA) is 150 Å². The van der Waals surface area contributed by atoms with E-state index in [0.29, 0.717) is 5.69 Å². The fourth-order valence-corrected chi connectivity index (χ4v) is 2.88. The Balaban J connectivity index is 1.71. The van der Waals surface area contributed by atoms with Crippen LogP contribution in [0.25, 0.3) is 0 Å². The van der Waals surface area contributed by atoms with E-state index >= 15 is 0 Å². The largest absolute Gasteiger partial charge is 0.507 e. The molecule has 1 aromatic carbocycles. The van der Waals surface area contributed by atoms with Gasteiger partial charge in [-0.1, -0.05) is 6.07 Å². The molecule has 3 rings (SSSR count). The van der Waals surface area contributed by atoms with Crippen LogP contribution in [0.2, 0.25) is 0 Å². The molecule has 2 aromatic rings. The molecule has 9 heteroatoms. The first-order valence-corrected chi connectivity index (χ1v) is 8.64. The van der Waals surface area contributed by atoms with E-state index in [1.165, 1.54) is 18.2 Å². The van der Waals surface area contributed by atoms with Crippen LogP contribution in [0.3, 0.4) is 0 Å². The molecular formula is C19H21NO8. The van der Waals surface area contributed by atoms with Crippen molar-refractivity contribution in [3.05, 3.63) is 53.9 Å². The minimum atomic E-state index is -1.58. The van der Waals surface area contributed by atoms with Gasteiger partial charge in [-0.15, -0.1) is 0 Å². The van der Waals surface area contributed by atoms with Gasteiger partial charge in [0.15, 0.2) is 5.78 Å². The van der Waals surface area contributed by atoms with Crippen molar-refractivity contribution >= 4 is 5.78 Å². The van der Waals surface area contributed by atoms with Crippen molar-refractivity contribution in [1.82, 2.24) is 4.98 Å². The summed E-state index contributed by atoms with van der Waals surface area (Å²) in [5, 5.41) is 48.9. The van der Waals surface area contributed by atoms with Crippen LogP contribution >= 0.6 is 0 Å². The predicted octanol–water partition coefficient (Wildman–Crippen LogP) is -0.609. The molecule has 1 aromatic heterocycles. The van der Waals surface area contributed by atoms with Gasteiger partial charge in [-0.3, -0.25) is 9.78 Å². The monoisotopic (exact) mass is 391 g/mol. The minimum Gasteiger partial charge on any atom is -0.507 e. The highest BCUT2D eigenvalue weighted by atomic mass is 16.7. The quantitative estimate of drug-likeness (QED) is 0.406. The van der Waals surface area contributed by atoms with Crippen molar-refractivity contribution in [2.45, 2.75) is 37.1 Å². The lowest BCUT2D eigenvalue weighted by molar-refractivity contribution is -0.277. The van der Waals surface area contributed by atoms with E-state index in [1.54, 1.807) is 24.4 Å². The molecule has 0 amide bonds. The third kappa shape index (κ3) is 4.29. The maximum absolute atomic E-state index is 12.4. The summed E-state index contributed by atoms with van der Waals surface area (Å²) in [5.74, 6) is -0.602. The molecule has 0 bridgehead atoms. The Morgan fingerprint density at radius 3 is 2.54 bits per heavy atom. The number of carbonyl (C=O) groups excluding carboxylic acids is 1. The van der Waals surface area contributed by atoms with Crippen LogP contribution in [-0.4, -0.2) is 73.6 Å². The summed E-state index contributed by atoms with van der Waals surface area (Å²) in [5.41, 5.74) is 0.639. The molecule has 150 valence electrons. The van der Waals surface area contributed by atoms with Gasteiger partial charge in [0.05, 0.1) is 18.6 Å². The molecule has 0 radical (unpaired) electrons. The number of ketones is 1. The Hall–Kier alpha value is -2.56. The summed E-state index contributed by atoms with van der Waals surface area (Å²) in [4.78, 5) is 16.4. The van der Waals surface area contributed by atoms with Crippen LogP contribution in [0.5, 0.6) is 11.5 Å². The molecule has 1 fully saturated rings. The number of aromatic hydroxyl groups is 1. The third-order valence-electron chi connectivity index (χ3n) is 4.44. The lowest BCUT2D eigenvalue weighted by Gasteiger charge is -2.39. The number of phenols is 1. The molecule has 1 aliphatic rings. The van der Waals surface area contributed by atoms with Crippen LogP contribution in [-0.2, 0) is 11.2 Å². The van der Waals surface area contributed by atoms with Crippen molar-refractivity contribution in [2.24, 2.45) is 0 Å². The summed E-state index contributed by atoms with van der Waals surface area (Å²) >= 11 is 0. The number of rotatable bonds is 6. The number of benzene rings is 1. The smallest absolute Gasteiger partial charge is 0.229 e. The Morgan fingerprint density at radius 1 is 1.11 bits per heavy atom. The van der Waals surface area contributed by atoms with E-state index in [2.05, 4.69) is 4.98 Å². The molecule has 5 unspecified atom stereocenters. The normalized spacial score (nSPS) is 27.4. The number of hydrogen-bond acceptors (Lipinski definition) is 9. The van der Waals surface area contributed by atoms with Crippen LogP contribution in [0, 0.1) is 0 Å². The van der Waals surface area contributed by atoms with Crippen LogP contribution in [0.15, 0.2) is 42.6 Å². The Kier molecular flexibility index (Phi) is 6.22. The Labute approximate surface area is 160 Å². The van der Waals surface area contributed by atoms with Crippen molar-refractivity contribution in [1.29, 1.82) is 0 Å². The number of Topliss-reactive ketones (excluding diaryl/α,β-unsaturated/α-hetero) is 1. The maximum Gasteiger partial charge on any atom is 0.229 e. The number of carbonyl (C=O) groups is 1. The van der Waals surface area contributed by atoms with Crippen LogP contribution in [0.4, 0.5) is 0 Å². The van der Waals surface area contributed by atoms with Gasteiger partial charge >= 0.3 is 0 Å². The highest BCUT2D eigenvalue weighted by molar-refractivity contribution is 5.99. The second-order valence-electron chi connectivity index (χ2n) is 6.42. The van der Waals surface area contributed by atoms with E-state index in [9.17, 15) is 30.3 Å². The second kappa shape index (κ2) is 8.63. The molecule has 0 spiro atoms. The van der Waals surface area contributed by atoms with Gasteiger partial charge in [0.2, 0.25) is 6.29 Å². The molecule has 1 aliphatic heterocycles. The molecule has 0 saturated carbocycles. The number of hydrogen-bond donors (Lipinski definition) is 5. The van der Waals surface area contributed by atoms with Gasteiger partial charge in [-0.2, -0.15) is 0 Å². The summed E-state index contributed by atoms with van der Waals surface area (Å²) in [6.45, 7) is -0.586. The summed E-state index contributed by atoms with van der Waals surface area (Å²) in [7, 11) is 0. The number of aliphatic hydroxyl groups is 4. The number of aromatic nitrogens is 1. The molecule has 1 saturated heterocycles. The predicted molar refractivity (Wildman–Crippen MR) is 94.8 cm³/mol. The minimum absolute atomic E-state index is 0.0152. The summed E-state index contributed by atoms with van der Waals surface area (Å²) in [6, 6.07) is 9.12. The average molecular weight is 391 g/mol. The van der Waals surface area contributed by atoms with Crippen molar-refractivity contribution < 1.29 is 39.8 Å². The van der Waals surface area contributed by atoms with Crippen LogP contribution < -0.4 is 4.74 Å². The van der Waals surface area contributed by atoms with E-state index in [4.69, 9.17) is 9.47 Å². The van der Waals surface area contributed by atoms with Crippen molar-refractivity contribution in [3.8, 4) is 11.5 Å². The number of phenolic OH excluding ortho intramolecular Hbond substituents is 1. The summed E-state index contributed by atoms with van der Waals surface area (Å²) < 4.78 is 10.7. The number of nitrogens with zero attached hydrogens (tertiary/aromatic N) is 1. The first-order valence-electron chi connectivity index (χ1n) is 8.64. The van der Waals surface area contributed by atoms with Crippen LogP contribution in [0.1, 0.15) is 16.1 Å². The van der Waals surface area contributed by atoms with E-state index in [0.717, 1.165) is 0 Å². The first kappa shape index (κ1) is 20.2. The van der Waals surface area contributed by atoms with Crippen molar-refractivity contribution in [3.63, 3.8) is 0 Å². The van der Waals surface area contributed by atoms with Gasteiger partial charge in [-0.25, -0.2) is 0 Å². The molecule has 2 heterocycles. The van der Waals surface area contributed by atoms with E-state index in [1.807, 2.05) is 0 Å². The SMILES string of the molecule is O=C(Cc1ccccn1)c1ccc(OC2OC(CO)C(O)C(O)C2O)cc1O. The molecule has 9 nitrogen and oxygen atoms in total. The third-order valence-corrected chi connectivity index (χ3v) is 4.44. The van der Waals surface area contributed by atoms with E-state index in [-0.39, 0.29) is 29.3 Å². The number of aliphatic hydroxyl groups excluding tert-OH is 4. The number of ether oxygens (including phenoxy) is 2. The zero-order chi connectivity index (χ0) is 20.3. The van der Waals surface area contributed by atoms with Gasteiger partial charge in [0.25, 0.3) is 0 Å². The zero-order valence-electron chi connectivity index (χ0n) is 14.8. The van der Waals surface area contributed by atoms with Gasteiger partial charge in [0.1, 0.15) is 35.9 Å². The highest BCUT2D eigenvalue weighted by Crippen LogP contribution is 2.28. The van der Waals surface area contributed by atoms with Gasteiger partial charge in [0, 0.05) is 18.0 Å². The zero-order valence-corrected chi connectivity index (χ0v) is 14.8. The van der Waals surface area contributed by atoms with Crippen molar-refractivity contribution in [2.75, 3.05) is 6.61 Å². The molecular weight excluding hydrogens is 370 g/mol. The maximum atomic E-state index is 12.4. The number of pyridine rings is 1. The Bertz CT molecular complexity index is 813. The lowest BCUT2D eigenvalue weighted by Crippen LogP contribution is -2.60. The summed E-state index contributed by atoms with van der Waals surface area (Å²) in [6.07, 6.45) is -5.57. The fourth-order valence-electron chi connectivity index (χ4n) is 2.88. The van der Waals surface area contributed by atoms with E-state index < -0.39 is 37.3 Å². The molecule has 0 aliphatic carbocycles. The molecule has 5 N–H and O–H groups in total. The van der Waals surface area contributed by atoms with Gasteiger partial charge < -0.3 is 35.0 Å². The Morgan fingerprint density at radius 2 is 1.89 bits per heavy atom. The molecule has 28 heavy (non-hydrogen) atoms. The highest BCUT2D eigenvalue weighted by Gasteiger charge is 2.44. The standard InChI is InChI=1S/C19H21NO8/c21-9-15-16(24)17(25)18(26)19(28-15)27-11-4-5-12(14(23)8-11)13(22)7-10-3-1-2-6-20-10/h1-6,8,15-19,21,23-26H,7,9H2. The van der Waals surface area contributed by atoms with Gasteiger partial charge in [-0.05, 0) is 24.3 Å². The fraction of sp³-hybridized carbons (Fsp3) is 0.368. The lowest BCUT2D eigenvalue weighted by atomic mass is 9.99.